The monoisotopic (exact) mass is 346 g/mol. The van der Waals surface area contributed by atoms with Crippen molar-refractivity contribution < 1.29 is 19.2 Å². The van der Waals surface area contributed by atoms with E-state index in [9.17, 15) is 19.7 Å². The minimum absolute atomic E-state index is 0.0428. The van der Waals surface area contributed by atoms with Crippen LogP contribution in [-0.4, -0.2) is 29.4 Å². The predicted octanol–water partition coefficient (Wildman–Crippen LogP) is 3.15. The average Bonchev–Trinajstić information content (AvgIpc) is 2.62. The zero-order valence-corrected chi connectivity index (χ0v) is 14.2. The lowest BCUT2D eigenvalue weighted by molar-refractivity contribution is -0.384. The Bertz CT molecular complexity index is 684. The fourth-order valence-corrected chi connectivity index (χ4v) is 2.65. The number of carbonyl (C=O) groups is 2. The summed E-state index contributed by atoms with van der Waals surface area (Å²) in [5.74, 6) is -1.14. The highest BCUT2D eigenvalue weighted by Crippen LogP contribution is 2.19. The highest BCUT2D eigenvalue weighted by molar-refractivity contribution is 5.92. The summed E-state index contributed by atoms with van der Waals surface area (Å²) in [6, 6.07) is 5.22. The van der Waals surface area contributed by atoms with Gasteiger partial charge in [-0.25, -0.2) is 4.79 Å². The minimum atomic E-state index is -0.966. The van der Waals surface area contributed by atoms with Gasteiger partial charge in [0.2, 0.25) is 0 Å². The van der Waals surface area contributed by atoms with Crippen LogP contribution >= 0.6 is 0 Å². The van der Waals surface area contributed by atoms with Crippen molar-refractivity contribution in [2.45, 2.75) is 45.1 Å². The molecule has 0 radical (unpaired) electrons. The second-order valence-electron chi connectivity index (χ2n) is 6.00. The van der Waals surface area contributed by atoms with Crippen molar-refractivity contribution in [1.29, 1.82) is 0 Å². The summed E-state index contributed by atoms with van der Waals surface area (Å²) < 4.78 is 5.09. The number of ether oxygens (including phenoxy) is 1. The summed E-state index contributed by atoms with van der Waals surface area (Å²) in [6.45, 7) is 1.98. The quantitative estimate of drug-likeness (QED) is 0.354. The molecule has 2 rings (SSSR count). The van der Waals surface area contributed by atoms with E-state index < -0.39 is 17.0 Å². The number of nitrogens with one attached hydrogen (secondary N) is 1. The minimum Gasteiger partial charge on any atom is -0.449 e. The molecule has 0 aliphatic heterocycles. The first kappa shape index (κ1) is 18.6. The predicted molar refractivity (Wildman–Crippen MR) is 92.2 cm³/mol. The summed E-state index contributed by atoms with van der Waals surface area (Å²) in [5.41, 5.74) is 1.20. The molecule has 1 atom stereocenters. The van der Waals surface area contributed by atoms with Gasteiger partial charge in [-0.1, -0.05) is 17.7 Å². The second kappa shape index (κ2) is 8.96. The van der Waals surface area contributed by atoms with Crippen LogP contribution in [0.15, 0.2) is 35.9 Å². The van der Waals surface area contributed by atoms with Crippen LogP contribution in [-0.2, 0) is 9.53 Å². The number of non-ortho nitro benzene ring substituents is 1. The Hall–Kier alpha value is -2.70. The number of rotatable bonds is 7. The van der Waals surface area contributed by atoms with E-state index in [1.165, 1.54) is 43.5 Å². The van der Waals surface area contributed by atoms with Gasteiger partial charge in [0.25, 0.3) is 11.6 Å². The Labute approximate surface area is 146 Å². The molecule has 0 aromatic heterocycles. The third-order valence-corrected chi connectivity index (χ3v) is 4.08. The molecular formula is C18H22N2O5. The van der Waals surface area contributed by atoms with E-state index in [2.05, 4.69) is 11.4 Å². The summed E-state index contributed by atoms with van der Waals surface area (Å²) in [4.78, 5) is 34.2. The van der Waals surface area contributed by atoms with Crippen LogP contribution in [0.4, 0.5) is 5.69 Å². The van der Waals surface area contributed by atoms with E-state index in [1.807, 2.05) is 0 Å². The van der Waals surface area contributed by atoms with Crippen molar-refractivity contribution in [1.82, 2.24) is 5.32 Å². The molecule has 7 nitrogen and oxygen atoms in total. The Morgan fingerprint density at radius 3 is 2.84 bits per heavy atom. The van der Waals surface area contributed by atoms with Crippen molar-refractivity contribution in [3.05, 3.63) is 51.6 Å². The number of hydrogen-bond donors (Lipinski definition) is 1. The molecule has 1 aliphatic carbocycles. The van der Waals surface area contributed by atoms with Gasteiger partial charge in [0, 0.05) is 18.7 Å². The van der Waals surface area contributed by atoms with E-state index in [0.717, 1.165) is 25.3 Å². The fraction of sp³-hybridized carbons (Fsp3) is 0.444. The number of esters is 1. The van der Waals surface area contributed by atoms with Crippen LogP contribution in [0.3, 0.4) is 0 Å². The molecule has 0 saturated carbocycles. The standard InChI is InChI=1S/C18H22N2O5/c1-13(17(21)19-11-10-14-6-3-2-4-7-14)25-18(22)15-8-5-9-16(12-15)20(23)24/h5-6,8-9,12-13H,2-4,7,10-11H2,1H3,(H,19,21)/t13-/m0/s1. The summed E-state index contributed by atoms with van der Waals surface area (Å²) in [6.07, 6.45) is 6.65. The first-order chi connectivity index (χ1) is 12.0. The summed E-state index contributed by atoms with van der Waals surface area (Å²) in [7, 11) is 0. The zero-order valence-electron chi connectivity index (χ0n) is 14.2. The number of carbonyl (C=O) groups excluding carboxylic acids is 2. The molecule has 25 heavy (non-hydrogen) atoms. The fourth-order valence-electron chi connectivity index (χ4n) is 2.65. The van der Waals surface area contributed by atoms with E-state index in [4.69, 9.17) is 4.74 Å². The zero-order chi connectivity index (χ0) is 18.2. The van der Waals surface area contributed by atoms with Crippen molar-refractivity contribution in [3.63, 3.8) is 0 Å². The largest absolute Gasteiger partial charge is 0.449 e. The second-order valence-corrected chi connectivity index (χ2v) is 6.00. The van der Waals surface area contributed by atoms with Crippen LogP contribution in [0.1, 0.15) is 49.4 Å². The maximum Gasteiger partial charge on any atom is 0.339 e. The molecule has 0 heterocycles. The third kappa shape index (κ3) is 5.70. The molecule has 0 bridgehead atoms. The SMILES string of the molecule is C[C@H](OC(=O)c1cccc([N+](=O)[O-])c1)C(=O)NCCC1=CCCCC1. The van der Waals surface area contributed by atoms with E-state index in [-0.39, 0.29) is 17.2 Å². The molecule has 7 heteroatoms. The number of amides is 1. The van der Waals surface area contributed by atoms with Gasteiger partial charge in [0.1, 0.15) is 0 Å². The number of nitro groups is 1. The Morgan fingerprint density at radius 2 is 2.16 bits per heavy atom. The Kier molecular flexibility index (Phi) is 6.68. The van der Waals surface area contributed by atoms with Crippen molar-refractivity contribution >= 4 is 17.6 Å². The molecule has 1 amide bonds. The van der Waals surface area contributed by atoms with E-state index in [1.54, 1.807) is 0 Å². The lowest BCUT2D eigenvalue weighted by Crippen LogP contribution is -2.36. The number of nitro benzene ring substituents is 1. The van der Waals surface area contributed by atoms with Gasteiger partial charge in [0.15, 0.2) is 6.10 Å². The number of benzene rings is 1. The highest BCUT2D eigenvalue weighted by Gasteiger charge is 2.20. The van der Waals surface area contributed by atoms with Crippen LogP contribution in [0, 0.1) is 10.1 Å². The molecule has 1 aromatic carbocycles. The number of hydrogen-bond acceptors (Lipinski definition) is 5. The summed E-state index contributed by atoms with van der Waals surface area (Å²) in [5, 5.41) is 13.5. The molecular weight excluding hydrogens is 324 g/mol. The van der Waals surface area contributed by atoms with Gasteiger partial charge in [0.05, 0.1) is 10.5 Å². The van der Waals surface area contributed by atoms with Crippen LogP contribution in [0.5, 0.6) is 0 Å². The maximum atomic E-state index is 12.0. The average molecular weight is 346 g/mol. The van der Waals surface area contributed by atoms with Crippen LogP contribution in [0.25, 0.3) is 0 Å². The van der Waals surface area contributed by atoms with Crippen LogP contribution < -0.4 is 5.32 Å². The van der Waals surface area contributed by atoms with Gasteiger partial charge in [-0.2, -0.15) is 0 Å². The smallest absolute Gasteiger partial charge is 0.339 e. The van der Waals surface area contributed by atoms with Gasteiger partial charge in [-0.05, 0) is 45.1 Å². The molecule has 0 fully saturated rings. The van der Waals surface area contributed by atoms with Crippen molar-refractivity contribution in [2.75, 3.05) is 6.54 Å². The van der Waals surface area contributed by atoms with Gasteiger partial charge < -0.3 is 10.1 Å². The van der Waals surface area contributed by atoms with E-state index >= 15 is 0 Å². The van der Waals surface area contributed by atoms with Gasteiger partial charge >= 0.3 is 5.97 Å². The summed E-state index contributed by atoms with van der Waals surface area (Å²) >= 11 is 0. The van der Waals surface area contributed by atoms with E-state index in [0.29, 0.717) is 6.54 Å². The molecule has 0 unspecified atom stereocenters. The topological polar surface area (TPSA) is 98.5 Å². The number of nitrogens with zero attached hydrogens (tertiary/aromatic N) is 1. The Balaban J connectivity index is 1.81. The molecule has 1 aliphatic rings. The van der Waals surface area contributed by atoms with Gasteiger partial charge in [-0.3, -0.25) is 14.9 Å². The lowest BCUT2D eigenvalue weighted by atomic mass is 9.97. The first-order valence-electron chi connectivity index (χ1n) is 8.38. The normalized spacial score (nSPS) is 15.0. The van der Waals surface area contributed by atoms with Crippen molar-refractivity contribution in [3.8, 4) is 0 Å². The Morgan fingerprint density at radius 1 is 1.36 bits per heavy atom. The maximum absolute atomic E-state index is 12.0. The first-order valence-corrected chi connectivity index (χ1v) is 8.38. The molecule has 0 saturated heterocycles. The molecule has 1 aromatic rings. The van der Waals surface area contributed by atoms with Crippen LogP contribution in [0.2, 0.25) is 0 Å². The lowest BCUT2D eigenvalue weighted by Gasteiger charge is -2.15. The molecule has 1 N–H and O–H groups in total. The number of allylic oxidation sites excluding steroid dienone is 1. The highest BCUT2D eigenvalue weighted by atomic mass is 16.6. The third-order valence-electron chi connectivity index (χ3n) is 4.08. The molecule has 134 valence electrons. The van der Waals surface area contributed by atoms with Gasteiger partial charge in [-0.15, -0.1) is 0 Å². The molecule has 0 spiro atoms. The van der Waals surface area contributed by atoms with Crippen molar-refractivity contribution in [2.24, 2.45) is 0 Å².